The molecular formula is C19H28ClNO2. The number of ether oxygens (including phenoxy) is 2. The second-order valence-corrected chi connectivity index (χ2v) is 6.58. The van der Waals surface area contributed by atoms with Gasteiger partial charge in [-0.2, -0.15) is 0 Å². The second-order valence-electron chi connectivity index (χ2n) is 6.17. The fourth-order valence-corrected chi connectivity index (χ4v) is 3.32. The van der Waals surface area contributed by atoms with E-state index in [-0.39, 0.29) is 0 Å². The number of rotatable bonds is 8. The van der Waals surface area contributed by atoms with Crippen LogP contribution >= 0.6 is 11.6 Å². The lowest BCUT2D eigenvalue weighted by Crippen LogP contribution is -2.36. The summed E-state index contributed by atoms with van der Waals surface area (Å²) in [5.74, 6) is 2.14. The first-order chi connectivity index (χ1) is 11.2. The quantitative estimate of drug-likeness (QED) is 0.679. The van der Waals surface area contributed by atoms with Crippen molar-refractivity contribution in [1.29, 1.82) is 0 Å². The van der Waals surface area contributed by atoms with Crippen molar-refractivity contribution in [3.63, 3.8) is 0 Å². The highest BCUT2D eigenvalue weighted by Crippen LogP contribution is 2.34. The van der Waals surface area contributed by atoms with Crippen molar-refractivity contribution in [2.24, 2.45) is 5.92 Å². The molecule has 1 aromatic rings. The summed E-state index contributed by atoms with van der Waals surface area (Å²) in [6, 6.07) is 4.41. The van der Waals surface area contributed by atoms with Crippen molar-refractivity contribution in [2.45, 2.75) is 52.1 Å². The zero-order valence-corrected chi connectivity index (χ0v) is 15.0. The second kappa shape index (κ2) is 9.19. The van der Waals surface area contributed by atoms with Gasteiger partial charge in [0.15, 0.2) is 11.5 Å². The topological polar surface area (TPSA) is 30.5 Å². The van der Waals surface area contributed by atoms with Crippen molar-refractivity contribution >= 4 is 11.6 Å². The molecule has 1 aliphatic rings. The predicted molar refractivity (Wildman–Crippen MR) is 96.6 cm³/mol. The Kier molecular flexibility index (Phi) is 7.25. The van der Waals surface area contributed by atoms with Gasteiger partial charge in [-0.1, -0.05) is 44.0 Å². The summed E-state index contributed by atoms with van der Waals surface area (Å²) in [6.45, 7) is 9.76. The van der Waals surface area contributed by atoms with Crippen LogP contribution in [-0.4, -0.2) is 19.3 Å². The average molecular weight is 338 g/mol. The molecule has 1 aliphatic carbocycles. The lowest BCUT2D eigenvalue weighted by atomic mass is 9.86. The van der Waals surface area contributed by atoms with Crippen LogP contribution in [0.2, 0.25) is 5.02 Å². The Bertz CT molecular complexity index is 518. The summed E-state index contributed by atoms with van der Waals surface area (Å²) in [7, 11) is 0. The third-order valence-electron chi connectivity index (χ3n) is 4.44. The van der Waals surface area contributed by atoms with Crippen molar-refractivity contribution in [3.05, 3.63) is 35.4 Å². The van der Waals surface area contributed by atoms with Crippen LogP contribution in [0.4, 0.5) is 0 Å². The molecule has 0 amide bonds. The van der Waals surface area contributed by atoms with Crippen LogP contribution in [0.25, 0.3) is 0 Å². The molecule has 0 unspecified atom stereocenters. The van der Waals surface area contributed by atoms with Crippen LogP contribution < -0.4 is 14.8 Å². The van der Waals surface area contributed by atoms with E-state index in [0.29, 0.717) is 30.0 Å². The molecule has 1 aromatic carbocycles. The molecule has 4 heteroatoms. The van der Waals surface area contributed by atoms with Crippen molar-refractivity contribution < 1.29 is 9.47 Å². The van der Waals surface area contributed by atoms with Gasteiger partial charge in [0.1, 0.15) is 6.61 Å². The molecule has 2 rings (SSSR count). The summed E-state index contributed by atoms with van der Waals surface area (Å²) in [5.41, 5.74) is 1.05. The maximum Gasteiger partial charge on any atom is 0.163 e. The Hall–Kier alpha value is -1.19. The van der Waals surface area contributed by atoms with Crippen molar-refractivity contribution in [3.8, 4) is 11.5 Å². The Morgan fingerprint density at radius 1 is 1.26 bits per heavy atom. The highest BCUT2D eigenvalue weighted by Gasteiger charge is 2.21. The molecule has 0 saturated heterocycles. The van der Waals surface area contributed by atoms with Crippen molar-refractivity contribution in [2.75, 3.05) is 13.2 Å². The Morgan fingerprint density at radius 3 is 2.70 bits per heavy atom. The summed E-state index contributed by atoms with van der Waals surface area (Å²) >= 11 is 6.43. The van der Waals surface area contributed by atoms with Gasteiger partial charge in [0, 0.05) is 23.7 Å². The standard InChI is InChI=1S/C19H28ClNO2/c1-4-10-23-19-12-16(20)15(11-18(19)22-5-2)13-21-17-9-7-6-8-14(17)3/h4,11-12,14,17,21H,1,5-10,13H2,2-3H3/t14-,17-/m1/s1. The molecule has 0 heterocycles. The summed E-state index contributed by atoms with van der Waals surface area (Å²) < 4.78 is 11.3. The van der Waals surface area contributed by atoms with E-state index in [0.717, 1.165) is 23.8 Å². The van der Waals surface area contributed by atoms with Crippen LogP contribution in [0.5, 0.6) is 11.5 Å². The zero-order valence-electron chi connectivity index (χ0n) is 14.2. The summed E-state index contributed by atoms with van der Waals surface area (Å²) in [6.07, 6.45) is 6.93. The van der Waals surface area contributed by atoms with Gasteiger partial charge in [-0.25, -0.2) is 0 Å². The first kappa shape index (κ1) is 18.2. The molecule has 0 aliphatic heterocycles. The Morgan fingerprint density at radius 2 is 2.00 bits per heavy atom. The molecular weight excluding hydrogens is 310 g/mol. The van der Waals surface area contributed by atoms with E-state index in [1.165, 1.54) is 25.7 Å². The maximum absolute atomic E-state index is 6.43. The fraction of sp³-hybridized carbons (Fsp3) is 0.579. The molecule has 1 saturated carbocycles. The molecule has 0 aromatic heterocycles. The predicted octanol–water partition coefficient (Wildman–Crippen LogP) is 4.97. The minimum atomic E-state index is 0.438. The fourth-order valence-electron chi connectivity index (χ4n) is 3.10. The van der Waals surface area contributed by atoms with E-state index in [1.807, 2.05) is 19.1 Å². The highest BCUT2D eigenvalue weighted by atomic mass is 35.5. The minimum absolute atomic E-state index is 0.438. The Labute approximate surface area is 145 Å². The van der Waals surface area contributed by atoms with Crippen LogP contribution in [0.15, 0.2) is 24.8 Å². The van der Waals surface area contributed by atoms with E-state index in [2.05, 4.69) is 18.8 Å². The molecule has 0 radical (unpaired) electrons. The lowest BCUT2D eigenvalue weighted by Gasteiger charge is -2.30. The van der Waals surface area contributed by atoms with E-state index >= 15 is 0 Å². The van der Waals surface area contributed by atoms with Crippen LogP contribution in [0.1, 0.15) is 45.1 Å². The largest absolute Gasteiger partial charge is 0.490 e. The first-order valence-corrected chi connectivity index (χ1v) is 8.95. The van der Waals surface area contributed by atoms with Gasteiger partial charge >= 0.3 is 0 Å². The van der Waals surface area contributed by atoms with Gasteiger partial charge in [-0.3, -0.25) is 0 Å². The Balaban J connectivity index is 2.08. The molecule has 128 valence electrons. The highest BCUT2D eigenvalue weighted by molar-refractivity contribution is 6.31. The van der Waals surface area contributed by atoms with Gasteiger partial charge in [0.05, 0.1) is 6.61 Å². The number of halogens is 1. The van der Waals surface area contributed by atoms with Crippen molar-refractivity contribution in [1.82, 2.24) is 5.32 Å². The van der Waals surface area contributed by atoms with Gasteiger partial charge in [0.25, 0.3) is 0 Å². The maximum atomic E-state index is 6.43. The SMILES string of the molecule is C=CCOc1cc(Cl)c(CN[C@@H]2CCCC[C@H]2C)cc1OCC. The van der Waals surface area contributed by atoms with E-state index in [1.54, 1.807) is 6.08 Å². The van der Waals surface area contributed by atoms with Gasteiger partial charge in [-0.15, -0.1) is 0 Å². The van der Waals surface area contributed by atoms with E-state index < -0.39 is 0 Å². The summed E-state index contributed by atoms with van der Waals surface area (Å²) in [5, 5.41) is 4.38. The third kappa shape index (κ3) is 5.15. The zero-order chi connectivity index (χ0) is 16.7. The van der Waals surface area contributed by atoms with E-state index in [9.17, 15) is 0 Å². The van der Waals surface area contributed by atoms with Crippen LogP contribution in [-0.2, 0) is 6.54 Å². The average Bonchev–Trinajstić information content (AvgIpc) is 2.55. The molecule has 2 atom stereocenters. The normalized spacial score (nSPS) is 21.0. The van der Waals surface area contributed by atoms with Crippen LogP contribution in [0.3, 0.4) is 0 Å². The summed E-state index contributed by atoms with van der Waals surface area (Å²) in [4.78, 5) is 0. The molecule has 1 N–H and O–H groups in total. The molecule has 1 fully saturated rings. The van der Waals surface area contributed by atoms with E-state index in [4.69, 9.17) is 21.1 Å². The molecule has 0 spiro atoms. The number of nitrogens with one attached hydrogen (secondary N) is 1. The van der Waals surface area contributed by atoms with Gasteiger partial charge < -0.3 is 14.8 Å². The minimum Gasteiger partial charge on any atom is -0.490 e. The molecule has 23 heavy (non-hydrogen) atoms. The number of benzene rings is 1. The lowest BCUT2D eigenvalue weighted by molar-refractivity contribution is 0.278. The number of hydrogen-bond acceptors (Lipinski definition) is 3. The van der Waals surface area contributed by atoms with Gasteiger partial charge in [0.2, 0.25) is 0 Å². The molecule has 0 bridgehead atoms. The van der Waals surface area contributed by atoms with Gasteiger partial charge in [-0.05, 0) is 37.3 Å². The molecule has 3 nitrogen and oxygen atoms in total. The monoisotopic (exact) mass is 337 g/mol. The smallest absolute Gasteiger partial charge is 0.163 e. The van der Waals surface area contributed by atoms with Crippen LogP contribution in [0, 0.1) is 5.92 Å². The number of hydrogen-bond donors (Lipinski definition) is 1. The first-order valence-electron chi connectivity index (χ1n) is 8.58. The third-order valence-corrected chi connectivity index (χ3v) is 4.79.